The zero-order valence-corrected chi connectivity index (χ0v) is 13.1. The summed E-state index contributed by atoms with van der Waals surface area (Å²) in [6, 6.07) is 1.58. The second-order valence-corrected chi connectivity index (χ2v) is 5.64. The number of nitrogen functional groups attached to an aromatic ring is 2. The van der Waals surface area contributed by atoms with E-state index in [1.54, 1.807) is 6.07 Å². The van der Waals surface area contributed by atoms with E-state index in [4.69, 9.17) is 22.0 Å². The lowest BCUT2D eigenvalue weighted by Crippen LogP contribution is -2.28. The quantitative estimate of drug-likeness (QED) is 0.480. The highest BCUT2D eigenvalue weighted by molar-refractivity contribution is 6.63. The molecule has 0 amide bonds. The number of anilines is 3. The molecule has 1 aromatic rings. The van der Waals surface area contributed by atoms with Gasteiger partial charge in [-0.05, 0) is 12.5 Å². The first-order chi connectivity index (χ1) is 11.5. The highest BCUT2D eigenvalue weighted by Gasteiger charge is 2.25. The maximum absolute atomic E-state index is 9.69. The van der Waals surface area contributed by atoms with Gasteiger partial charge in [-0.2, -0.15) is 5.10 Å². The van der Waals surface area contributed by atoms with Gasteiger partial charge in [-0.25, -0.2) is 15.0 Å². The molecule has 0 spiro atoms. The SMILES string of the molecule is N=C1C(=Nc2nc(N3CCC(O)C3)c(N)cc2N)C=NN1CCO. The molecule has 24 heavy (non-hydrogen) atoms. The van der Waals surface area contributed by atoms with Gasteiger partial charge in [0.1, 0.15) is 5.71 Å². The number of β-amino-alcohol motifs (C(OH)–C–C–N with tert-alkyl or cyclic N) is 2. The van der Waals surface area contributed by atoms with Crippen molar-refractivity contribution in [2.24, 2.45) is 10.1 Å². The van der Waals surface area contributed by atoms with Crippen LogP contribution in [0.4, 0.5) is 23.0 Å². The lowest BCUT2D eigenvalue weighted by Gasteiger charge is -2.19. The van der Waals surface area contributed by atoms with Gasteiger partial charge in [-0.15, -0.1) is 0 Å². The van der Waals surface area contributed by atoms with Gasteiger partial charge in [0.15, 0.2) is 17.5 Å². The predicted octanol–water partition coefficient (Wildman–Crippen LogP) is -0.840. The number of aliphatic imine (C=N–C) groups is 1. The Morgan fingerprint density at radius 3 is 2.83 bits per heavy atom. The summed E-state index contributed by atoms with van der Waals surface area (Å²) in [5.74, 6) is 0.839. The van der Waals surface area contributed by atoms with E-state index in [9.17, 15) is 5.11 Å². The molecule has 1 atom stereocenters. The van der Waals surface area contributed by atoms with E-state index in [1.165, 1.54) is 11.2 Å². The molecule has 3 rings (SSSR count). The van der Waals surface area contributed by atoms with E-state index in [1.807, 2.05) is 4.90 Å². The number of rotatable bonds is 4. The van der Waals surface area contributed by atoms with Crippen molar-refractivity contribution in [3.63, 3.8) is 0 Å². The molecule has 1 aromatic heterocycles. The third-order valence-electron chi connectivity index (χ3n) is 3.86. The van der Waals surface area contributed by atoms with Crippen LogP contribution in [0, 0.1) is 5.41 Å². The number of nitrogens with zero attached hydrogens (tertiary/aromatic N) is 5. The topological polar surface area (TPSA) is 160 Å². The van der Waals surface area contributed by atoms with Crippen LogP contribution in [0.2, 0.25) is 0 Å². The highest BCUT2D eigenvalue weighted by Crippen LogP contribution is 2.32. The third kappa shape index (κ3) is 3.01. The van der Waals surface area contributed by atoms with Gasteiger partial charge < -0.3 is 26.6 Å². The minimum Gasteiger partial charge on any atom is -0.396 e. The standard InChI is InChI=1S/C14H20N8O2/c15-9-5-10(16)14(21-2-1-8(24)7-21)20-13(9)19-11-6-18-22(3-4-23)12(11)17/h5-6,8,17,23-24H,1-4,7,15-16H2. The van der Waals surface area contributed by atoms with Crippen molar-refractivity contribution in [2.75, 3.05) is 42.6 Å². The molecule has 0 saturated carbocycles. The summed E-state index contributed by atoms with van der Waals surface area (Å²) in [4.78, 5) is 10.6. The summed E-state index contributed by atoms with van der Waals surface area (Å²) in [6.07, 6.45) is 1.68. The van der Waals surface area contributed by atoms with Crippen molar-refractivity contribution in [3.05, 3.63) is 6.07 Å². The van der Waals surface area contributed by atoms with Gasteiger partial charge in [-0.3, -0.25) is 5.41 Å². The van der Waals surface area contributed by atoms with E-state index in [2.05, 4.69) is 15.1 Å². The molecular weight excluding hydrogens is 312 g/mol. The van der Waals surface area contributed by atoms with Crippen molar-refractivity contribution in [1.29, 1.82) is 5.41 Å². The van der Waals surface area contributed by atoms with E-state index < -0.39 is 6.10 Å². The maximum atomic E-state index is 9.69. The van der Waals surface area contributed by atoms with E-state index in [0.29, 0.717) is 42.4 Å². The Kier molecular flexibility index (Phi) is 4.32. The molecule has 10 heteroatoms. The Morgan fingerprint density at radius 2 is 2.17 bits per heavy atom. The maximum Gasteiger partial charge on any atom is 0.178 e. The fraction of sp³-hybridized carbons (Fsp3) is 0.429. The van der Waals surface area contributed by atoms with Gasteiger partial charge in [0, 0.05) is 13.1 Å². The van der Waals surface area contributed by atoms with Gasteiger partial charge in [0.25, 0.3) is 0 Å². The zero-order chi connectivity index (χ0) is 17.3. The average Bonchev–Trinajstić information content (AvgIpc) is 3.11. The summed E-state index contributed by atoms with van der Waals surface area (Å²) in [6.45, 7) is 1.21. The Bertz CT molecular complexity index is 717. The molecule has 3 heterocycles. The fourth-order valence-corrected chi connectivity index (χ4v) is 2.64. The Morgan fingerprint density at radius 1 is 1.38 bits per heavy atom. The smallest absolute Gasteiger partial charge is 0.178 e. The summed E-state index contributed by atoms with van der Waals surface area (Å²) >= 11 is 0. The first-order valence-corrected chi connectivity index (χ1v) is 7.58. The second kappa shape index (κ2) is 6.42. The monoisotopic (exact) mass is 332 g/mol. The average molecular weight is 332 g/mol. The van der Waals surface area contributed by atoms with Gasteiger partial charge in [0.05, 0.1) is 36.8 Å². The van der Waals surface area contributed by atoms with Crippen molar-refractivity contribution >= 4 is 40.8 Å². The van der Waals surface area contributed by atoms with Crippen LogP contribution < -0.4 is 16.4 Å². The molecule has 0 aromatic carbocycles. The number of aromatic nitrogens is 1. The van der Waals surface area contributed by atoms with Gasteiger partial charge >= 0.3 is 0 Å². The normalized spacial score (nSPS) is 22.2. The molecule has 7 N–H and O–H groups in total. The molecule has 0 radical (unpaired) electrons. The number of nitrogens with one attached hydrogen (secondary N) is 1. The van der Waals surface area contributed by atoms with Gasteiger partial charge in [0.2, 0.25) is 0 Å². The number of aliphatic hydroxyl groups is 2. The van der Waals surface area contributed by atoms with E-state index >= 15 is 0 Å². The number of aliphatic hydroxyl groups excluding tert-OH is 2. The van der Waals surface area contributed by atoms with Crippen LogP contribution in [0.1, 0.15) is 6.42 Å². The summed E-state index contributed by atoms with van der Waals surface area (Å²) < 4.78 is 0. The molecule has 10 nitrogen and oxygen atoms in total. The minimum atomic E-state index is -0.402. The van der Waals surface area contributed by atoms with Crippen molar-refractivity contribution in [3.8, 4) is 0 Å². The van der Waals surface area contributed by atoms with Gasteiger partial charge in [-0.1, -0.05) is 0 Å². The van der Waals surface area contributed by atoms with Crippen molar-refractivity contribution in [1.82, 2.24) is 9.99 Å². The van der Waals surface area contributed by atoms with Crippen LogP contribution in [0.5, 0.6) is 0 Å². The predicted molar refractivity (Wildman–Crippen MR) is 93.0 cm³/mol. The number of hydrogen-bond acceptors (Lipinski definition) is 9. The molecule has 1 fully saturated rings. The number of nitrogens with two attached hydrogens (primary N) is 2. The molecule has 1 unspecified atom stereocenters. The summed E-state index contributed by atoms with van der Waals surface area (Å²) in [5.41, 5.74) is 13.0. The first kappa shape index (κ1) is 16.1. The molecule has 2 aliphatic heterocycles. The Balaban J connectivity index is 1.90. The molecule has 2 aliphatic rings. The molecular formula is C14H20N8O2. The number of hydrazone groups is 1. The largest absolute Gasteiger partial charge is 0.396 e. The summed E-state index contributed by atoms with van der Waals surface area (Å²) in [7, 11) is 0. The molecule has 0 bridgehead atoms. The van der Waals surface area contributed by atoms with E-state index in [-0.39, 0.29) is 24.8 Å². The van der Waals surface area contributed by atoms with Crippen LogP contribution in [0.15, 0.2) is 16.2 Å². The van der Waals surface area contributed by atoms with Crippen molar-refractivity contribution < 1.29 is 10.2 Å². The fourth-order valence-electron chi connectivity index (χ4n) is 2.64. The van der Waals surface area contributed by atoms with Crippen LogP contribution in [-0.2, 0) is 0 Å². The highest BCUT2D eigenvalue weighted by atomic mass is 16.3. The lowest BCUT2D eigenvalue weighted by molar-refractivity contribution is 0.198. The number of hydrogen-bond donors (Lipinski definition) is 5. The van der Waals surface area contributed by atoms with Crippen LogP contribution in [-0.4, -0.2) is 70.3 Å². The summed E-state index contributed by atoms with van der Waals surface area (Å²) in [5, 5.41) is 32.0. The Hall–Kier alpha value is -2.72. The van der Waals surface area contributed by atoms with Crippen LogP contribution in [0.3, 0.4) is 0 Å². The molecule has 0 aliphatic carbocycles. The third-order valence-corrected chi connectivity index (χ3v) is 3.86. The second-order valence-electron chi connectivity index (χ2n) is 5.64. The molecule has 1 saturated heterocycles. The molecule has 128 valence electrons. The van der Waals surface area contributed by atoms with E-state index in [0.717, 1.165) is 0 Å². The number of pyridine rings is 1. The minimum absolute atomic E-state index is 0.0696. The zero-order valence-electron chi connectivity index (χ0n) is 13.1. The number of amidine groups is 1. The van der Waals surface area contributed by atoms with Crippen LogP contribution >= 0.6 is 0 Å². The Labute approximate surface area is 138 Å². The lowest BCUT2D eigenvalue weighted by atomic mass is 10.3. The first-order valence-electron chi connectivity index (χ1n) is 7.58. The van der Waals surface area contributed by atoms with Crippen molar-refractivity contribution in [2.45, 2.75) is 12.5 Å². The van der Waals surface area contributed by atoms with Crippen LogP contribution in [0.25, 0.3) is 0 Å².